The summed E-state index contributed by atoms with van der Waals surface area (Å²) >= 11 is 3.63. The van der Waals surface area contributed by atoms with Gasteiger partial charge in [-0.15, -0.1) is 0 Å². The minimum absolute atomic E-state index is 0.0904. The Hall–Kier alpha value is -3.31. The SMILES string of the molecule is COc1ccccc1C1Oc2ccc(Br)cc2C2CC(c3ccc4ccccc4c3)=NN21. The van der Waals surface area contributed by atoms with Crippen LogP contribution in [-0.4, -0.2) is 17.8 Å². The minimum Gasteiger partial charge on any atom is -0.496 e. The number of halogens is 1. The first kappa shape index (κ1) is 19.4. The summed E-state index contributed by atoms with van der Waals surface area (Å²) in [7, 11) is 1.69. The number of benzene rings is 4. The van der Waals surface area contributed by atoms with Gasteiger partial charge in [-0.3, -0.25) is 0 Å². The van der Waals surface area contributed by atoms with E-state index in [4.69, 9.17) is 14.6 Å². The van der Waals surface area contributed by atoms with Crippen molar-refractivity contribution in [2.24, 2.45) is 5.10 Å². The summed E-state index contributed by atoms with van der Waals surface area (Å²) < 4.78 is 13.2. The van der Waals surface area contributed by atoms with Crippen molar-refractivity contribution in [2.45, 2.75) is 18.7 Å². The number of rotatable bonds is 3. The Morgan fingerprint density at radius 2 is 1.72 bits per heavy atom. The highest BCUT2D eigenvalue weighted by Gasteiger charge is 2.42. The third kappa shape index (κ3) is 3.16. The molecule has 0 bridgehead atoms. The van der Waals surface area contributed by atoms with E-state index in [9.17, 15) is 0 Å². The first-order valence-corrected chi connectivity index (χ1v) is 11.4. The number of hydrogen-bond donors (Lipinski definition) is 0. The molecule has 4 nitrogen and oxygen atoms in total. The average molecular weight is 485 g/mol. The van der Waals surface area contributed by atoms with E-state index in [2.05, 4.69) is 69.5 Å². The van der Waals surface area contributed by atoms with Gasteiger partial charge < -0.3 is 9.47 Å². The summed E-state index contributed by atoms with van der Waals surface area (Å²) in [6, 6.07) is 29.3. The van der Waals surface area contributed by atoms with Crippen LogP contribution in [0.1, 0.15) is 35.4 Å². The second-order valence-corrected chi connectivity index (χ2v) is 9.02. The Kier molecular flexibility index (Phi) is 4.65. The Balaban J connectivity index is 1.47. The molecule has 0 saturated carbocycles. The number of fused-ring (bicyclic) bond motifs is 4. The van der Waals surface area contributed by atoms with Crippen molar-refractivity contribution < 1.29 is 9.47 Å². The standard InChI is InChI=1S/C27H21BrN2O2/c1-31-25-9-5-4-8-21(25)27-30-24(22-15-20(28)12-13-26(22)32-27)16-23(29-30)19-11-10-17-6-2-3-7-18(17)14-19/h2-15,24,27H,16H2,1H3. The lowest BCUT2D eigenvalue weighted by Gasteiger charge is -2.38. The van der Waals surface area contributed by atoms with E-state index in [-0.39, 0.29) is 12.3 Å². The molecule has 2 aliphatic heterocycles. The van der Waals surface area contributed by atoms with E-state index in [1.54, 1.807) is 7.11 Å². The van der Waals surface area contributed by atoms with Crippen LogP contribution in [0.2, 0.25) is 0 Å². The number of methoxy groups -OCH3 is 1. The largest absolute Gasteiger partial charge is 0.496 e. The summed E-state index contributed by atoms with van der Waals surface area (Å²) in [5, 5.41) is 9.65. The normalized spacial score (nSPS) is 19.2. The zero-order chi connectivity index (χ0) is 21.7. The van der Waals surface area contributed by atoms with Crippen LogP contribution in [0.4, 0.5) is 0 Å². The summed E-state index contributed by atoms with van der Waals surface area (Å²) in [6.45, 7) is 0. The fraction of sp³-hybridized carbons (Fsp3) is 0.148. The Morgan fingerprint density at radius 1 is 0.906 bits per heavy atom. The molecular weight excluding hydrogens is 464 g/mol. The molecule has 0 spiro atoms. The van der Waals surface area contributed by atoms with Crippen molar-refractivity contribution >= 4 is 32.4 Å². The zero-order valence-corrected chi connectivity index (χ0v) is 19.1. The first-order valence-electron chi connectivity index (χ1n) is 10.7. The van der Waals surface area contributed by atoms with Gasteiger partial charge in [0, 0.05) is 16.5 Å². The van der Waals surface area contributed by atoms with Crippen molar-refractivity contribution in [1.29, 1.82) is 0 Å². The maximum absolute atomic E-state index is 6.50. The number of hydrazone groups is 1. The fourth-order valence-electron chi connectivity index (χ4n) is 4.68. The van der Waals surface area contributed by atoms with Crippen molar-refractivity contribution in [1.82, 2.24) is 5.01 Å². The van der Waals surface area contributed by atoms with Gasteiger partial charge >= 0.3 is 0 Å². The molecule has 32 heavy (non-hydrogen) atoms. The molecule has 4 aromatic carbocycles. The lowest BCUT2D eigenvalue weighted by molar-refractivity contribution is -0.0203. The Morgan fingerprint density at radius 3 is 2.59 bits per heavy atom. The number of hydrogen-bond acceptors (Lipinski definition) is 4. The fourth-order valence-corrected chi connectivity index (χ4v) is 5.06. The van der Waals surface area contributed by atoms with E-state index in [1.165, 1.54) is 10.8 Å². The van der Waals surface area contributed by atoms with Gasteiger partial charge in [-0.05, 0) is 52.7 Å². The molecule has 4 aromatic rings. The van der Waals surface area contributed by atoms with E-state index in [0.717, 1.165) is 44.8 Å². The molecule has 0 N–H and O–H groups in total. The second kappa shape index (κ2) is 7.68. The lowest BCUT2D eigenvalue weighted by Crippen LogP contribution is -2.34. The number of nitrogens with zero attached hydrogens (tertiary/aromatic N) is 2. The minimum atomic E-state index is -0.359. The number of para-hydroxylation sites is 1. The summed E-state index contributed by atoms with van der Waals surface area (Å²) in [4.78, 5) is 0. The molecule has 0 amide bonds. The summed E-state index contributed by atoms with van der Waals surface area (Å²) in [5.41, 5.74) is 4.33. The van der Waals surface area contributed by atoms with Gasteiger partial charge in [0.1, 0.15) is 11.5 Å². The lowest BCUT2D eigenvalue weighted by atomic mass is 9.95. The molecule has 5 heteroatoms. The smallest absolute Gasteiger partial charge is 0.217 e. The van der Waals surface area contributed by atoms with E-state index in [1.807, 2.05) is 36.4 Å². The maximum Gasteiger partial charge on any atom is 0.217 e. The highest BCUT2D eigenvalue weighted by Crippen LogP contribution is 2.49. The van der Waals surface area contributed by atoms with E-state index in [0.29, 0.717) is 0 Å². The Bertz CT molecular complexity index is 1370. The molecule has 158 valence electrons. The molecule has 0 fully saturated rings. The van der Waals surface area contributed by atoms with Gasteiger partial charge in [-0.2, -0.15) is 5.10 Å². The number of ether oxygens (including phenoxy) is 2. The van der Waals surface area contributed by atoms with E-state index < -0.39 is 0 Å². The molecule has 6 rings (SSSR count). The molecule has 0 aliphatic carbocycles. The van der Waals surface area contributed by atoms with Crippen LogP contribution in [0.15, 0.2) is 94.5 Å². The third-order valence-corrected chi connectivity index (χ3v) is 6.73. The predicted octanol–water partition coefficient (Wildman–Crippen LogP) is 6.85. The third-order valence-electron chi connectivity index (χ3n) is 6.24. The summed E-state index contributed by atoms with van der Waals surface area (Å²) in [5.74, 6) is 1.69. The zero-order valence-electron chi connectivity index (χ0n) is 17.5. The van der Waals surface area contributed by atoms with Gasteiger partial charge in [-0.1, -0.05) is 64.5 Å². The second-order valence-electron chi connectivity index (χ2n) is 8.10. The molecule has 2 atom stereocenters. The monoisotopic (exact) mass is 484 g/mol. The first-order chi connectivity index (χ1) is 15.7. The predicted molar refractivity (Wildman–Crippen MR) is 130 cm³/mol. The average Bonchev–Trinajstić information content (AvgIpc) is 3.29. The molecule has 2 heterocycles. The van der Waals surface area contributed by atoms with Gasteiger partial charge in [-0.25, -0.2) is 5.01 Å². The topological polar surface area (TPSA) is 34.1 Å². The van der Waals surface area contributed by atoms with Crippen LogP contribution >= 0.6 is 15.9 Å². The van der Waals surface area contributed by atoms with Crippen molar-refractivity contribution in [2.75, 3.05) is 7.11 Å². The van der Waals surface area contributed by atoms with Gasteiger partial charge in [0.05, 0.1) is 24.4 Å². The highest BCUT2D eigenvalue weighted by molar-refractivity contribution is 9.10. The molecular formula is C27H21BrN2O2. The summed E-state index contributed by atoms with van der Waals surface area (Å²) in [6.07, 6.45) is 0.458. The molecule has 0 radical (unpaired) electrons. The molecule has 0 saturated heterocycles. The van der Waals surface area contributed by atoms with Crippen LogP contribution in [0.5, 0.6) is 11.5 Å². The molecule has 0 aromatic heterocycles. The van der Waals surface area contributed by atoms with Gasteiger partial charge in [0.2, 0.25) is 6.23 Å². The van der Waals surface area contributed by atoms with Crippen molar-refractivity contribution in [3.63, 3.8) is 0 Å². The quantitative estimate of drug-likeness (QED) is 0.318. The van der Waals surface area contributed by atoms with E-state index >= 15 is 0 Å². The maximum atomic E-state index is 6.50. The molecule has 2 aliphatic rings. The van der Waals surface area contributed by atoms with Gasteiger partial charge in [0.15, 0.2) is 0 Å². The van der Waals surface area contributed by atoms with Crippen molar-refractivity contribution in [3.05, 3.63) is 106 Å². The van der Waals surface area contributed by atoms with Crippen LogP contribution in [0.25, 0.3) is 10.8 Å². The molecule has 2 unspecified atom stereocenters. The van der Waals surface area contributed by atoms with Crippen LogP contribution in [0.3, 0.4) is 0 Å². The van der Waals surface area contributed by atoms with Crippen LogP contribution < -0.4 is 9.47 Å². The van der Waals surface area contributed by atoms with Crippen LogP contribution in [0, 0.1) is 0 Å². The van der Waals surface area contributed by atoms with Crippen molar-refractivity contribution in [3.8, 4) is 11.5 Å². The van der Waals surface area contributed by atoms with Gasteiger partial charge in [0.25, 0.3) is 0 Å². The highest BCUT2D eigenvalue weighted by atomic mass is 79.9. The Labute approximate surface area is 195 Å². The van der Waals surface area contributed by atoms with Crippen LogP contribution in [-0.2, 0) is 0 Å².